The Kier molecular flexibility index (Phi) is 3.42. The van der Waals surface area contributed by atoms with Crippen LogP contribution in [0, 0.1) is 0 Å². The fourth-order valence-electron chi connectivity index (χ4n) is 2.93. The molecular formula is C17H18N4S. The molecule has 3 aromatic rings. The van der Waals surface area contributed by atoms with E-state index in [4.69, 9.17) is 9.97 Å². The molecule has 4 nitrogen and oxygen atoms in total. The molecule has 2 aromatic heterocycles. The van der Waals surface area contributed by atoms with Gasteiger partial charge in [0.2, 0.25) is 0 Å². The van der Waals surface area contributed by atoms with Gasteiger partial charge in [0.15, 0.2) is 11.6 Å². The van der Waals surface area contributed by atoms with Crippen molar-refractivity contribution >= 4 is 33.1 Å². The van der Waals surface area contributed by atoms with E-state index in [-0.39, 0.29) is 0 Å². The summed E-state index contributed by atoms with van der Waals surface area (Å²) in [4.78, 5) is 12.1. The molecule has 1 fully saturated rings. The Hall–Kier alpha value is -2.14. The molecule has 0 aliphatic carbocycles. The van der Waals surface area contributed by atoms with E-state index >= 15 is 0 Å². The fourth-order valence-corrected chi connectivity index (χ4v) is 3.78. The standard InChI is InChI=1S/C17H18N4S/c1-18-13-6-4-5-12(11-13)16-19-14-7-10-22-15(14)17(20-16)21-8-2-3-9-21/h4-7,10-11,18H,2-3,8-9H2,1H3. The first kappa shape index (κ1) is 13.5. The molecule has 1 aliphatic heterocycles. The van der Waals surface area contributed by atoms with Crippen molar-refractivity contribution in [3.05, 3.63) is 35.7 Å². The lowest BCUT2D eigenvalue weighted by atomic mass is 10.2. The third-order valence-corrected chi connectivity index (χ3v) is 5.00. The van der Waals surface area contributed by atoms with Crippen LogP contribution in [0.4, 0.5) is 11.5 Å². The number of hydrogen-bond donors (Lipinski definition) is 1. The monoisotopic (exact) mass is 310 g/mol. The second-order valence-corrected chi connectivity index (χ2v) is 6.45. The lowest BCUT2D eigenvalue weighted by Crippen LogP contribution is -2.19. The molecule has 0 saturated carbocycles. The van der Waals surface area contributed by atoms with Gasteiger partial charge in [-0.1, -0.05) is 12.1 Å². The molecule has 5 heteroatoms. The Morgan fingerprint density at radius 2 is 2.00 bits per heavy atom. The summed E-state index contributed by atoms with van der Waals surface area (Å²) >= 11 is 1.73. The largest absolute Gasteiger partial charge is 0.388 e. The van der Waals surface area contributed by atoms with Gasteiger partial charge in [-0.15, -0.1) is 11.3 Å². The zero-order valence-electron chi connectivity index (χ0n) is 12.5. The minimum Gasteiger partial charge on any atom is -0.388 e. The van der Waals surface area contributed by atoms with Crippen molar-refractivity contribution in [2.24, 2.45) is 0 Å². The Morgan fingerprint density at radius 1 is 1.14 bits per heavy atom. The first-order chi connectivity index (χ1) is 10.8. The van der Waals surface area contributed by atoms with E-state index in [0.29, 0.717) is 0 Å². The van der Waals surface area contributed by atoms with Gasteiger partial charge in [0.1, 0.15) is 0 Å². The molecule has 4 rings (SSSR count). The number of thiophene rings is 1. The van der Waals surface area contributed by atoms with Crippen LogP contribution in [0.2, 0.25) is 0 Å². The van der Waals surface area contributed by atoms with Gasteiger partial charge in [-0.3, -0.25) is 0 Å². The van der Waals surface area contributed by atoms with Crippen molar-refractivity contribution in [2.45, 2.75) is 12.8 Å². The van der Waals surface area contributed by atoms with Crippen molar-refractivity contribution in [1.82, 2.24) is 9.97 Å². The second-order valence-electron chi connectivity index (χ2n) is 5.53. The topological polar surface area (TPSA) is 41.1 Å². The van der Waals surface area contributed by atoms with Gasteiger partial charge < -0.3 is 10.2 Å². The summed E-state index contributed by atoms with van der Waals surface area (Å²) in [5, 5.41) is 5.28. The van der Waals surface area contributed by atoms with Crippen LogP contribution in [0.5, 0.6) is 0 Å². The summed E-state index contributed by atoms with van der Waals surface area (Å²) in [6, 6.07) is 10.3. The highest BCUT2D eigenvalue weighted by Gasteiger charge is 2.19. The molecular weight excluding hydrogens is 292 g/mol. The highest BCUT2D eigenvalue weighted by molar-refractivity contribution is 7.17. The number of aromatic nitrogens is 2. The van der Waals surface area contributed by atoms with E-state index in [1.807, 2.05) is 19.2 Å². The quantitative estimate of drug-likeness (QED) is 0.794. The Bertz CT molecular complexity index is 805. The lowest BCUT2D eigenvalue weighted by molar-refractivity contribution is 0.943. The number of anilines is 2. The third-order valence-electron chi connectivity index (χ3n) is 4.10. The van der Waals surface area contributed by atoms with Crippen LogP contribution in [0.25, 0.3) is 21.6 Å². The fraction of sp³-hybridized carbons (Fsp3) is 0.294. The van der Waals surface area contributed by atoms with Crippen molar-refractivity contribution in [3.8, 4) is 11.4 Å². The summed E-state index contributed by atoms with van der Waals surface area (Å²) in [5.41, 5.74) is 3.18. The molecule has 112 valence electrons. The van der Waals surface area contributed by atoms with Gasteiger partial charge >= 0.3 is 0 Å². The molecule has 0 atom stereocenters. The Morgan fingerprint density at radius 3 is 2.82 bits per heavy atom. The molecule has 0 bridgehead atoms. The Balaban J connectivity index is 1.87. The van der Waals surface area contributed by atoms with Gasteiger partial charge in [-0.2, -0.15) is 0 Å². The maximum absolute atomic E-state index is 4.90. The van der Waals surface area contributed by atoms with Crippen molar-refractivity contribution in [1.29, 1.82) is 0 Å². The van der Waals surface area contributed by atoms with E-state index in [9.17, 15) is 0 Å². The molecule has 22 heavy (non-hydrogen) atoms. The van der Waals surface area contributed by atoms with Gasteiger partial charge in [0, 0.05) is 31.4 Å². The average Bonchev–Trinajstić information content (AvgIpc) is 3.25. The van der Waals surface area contributed by atoms with Crippen molar-refractivity contribution in [3.63, 3.8) is 0 Å². The molecule has 0 amide bonds. The number of nitrogens with one attached hydrogen (secondary N) is 1. The molecule has 1 N–H and O–H groups in total. The third kappa shape index (κ3) is 2.31. The molecule has 0 spiro atoms. The number of benzene rings is 1. The number of hydrogen-bond acceptors (Lipinski definition) is 5. The molecule has 0 unspecified atom stereocenters. The van der Waals surface area contributed by atoms with E-state index in [0.717, 1.165) is 41.5 Å². The molecule has 0 radical (unpaired) electrons. The van der Waals surface area contributed by atoms with Crippen LogP contribution in [0.1, 0.15) is 12.8 Å². The van der Waals surface area contributed by atoms with Gasteiger partial charge in [0.05, 0.1) is 10.2 Å². The zero-order chi connectivity index (χ0) is 14.9. The number of nitrogens with zero attached hydrogens (tertiary/aromatic N) is 3. The first-order valence-electron chi connectivity index (χ1n) is 7.63. The van der Waals surface area contributed by atoms with Gasteiger partial charge in [0.25, 0.3) is 0 Å². The van der Waals surface area contributed by atoms with Crippen LogP contribution >= 0.6 is 11.3 Å². The van der Waals surface area contributed by atoms with E-state index < -0.39 is 0 Å². The van der Waals surface area contributed by atoms with Crippen molar-refractivity contribution < 1.29 is 0 Å². The summed E-state index contributed by atoms with van der Waals surface area (Å²) in [6.45, 7) is 2.19. The molecule has 1 aromatic carbocycles. The van der Waals surface area contributed by atoms with Crippen LogP contribution in [-0.4, -0.2) is 30.1 Å². The van der Waals surface area contributed by atoms with Crippen LogP contribution < -0.4 is 10.2 Å². The minimum atomic E-state index is 0.810. The van der Waals surface area contributed by atoms with E-state index in [2.05, 4.69) is 33.8 Å². The molecule has 1 saturated heterocycles. The lowest BCUT2D eigenvalue weighted by Gasteiger charge is -2.18. The van der Waals surface area contributed by atoms with Gasteiger partial charge in [-0.05, 0) is 36.4 Å². The SMILES string of the molecule is CNc1cccc(-c2nc(N3CCCC3)c3sccc3n2)c1. The van der Waals surface area contributed by atoms with E-state index in [1.54, 1.807) is 11.3 Å². The van der Waals surface area contributed by atoms with Crippen LogP contribution in [0.3, 0.4) is 0 Å². The highest BCUT2D eigenvalue weighted by Crippen LogP contribution is 2.33. The Labute approximate surface area is 133 Å². The average molecular weight is 310 g/mol. The summed E-state index contributed by atoms with van der Waals surface area (Å²) in [5.74, 6) is 1.91. The number of fused-ring (bicyclic) bond motifs is 1. The summed E-state index contributed by atoms with van der Waals surface area (Å²) < 4.78 is 1.20. The predicted molar refractivity (Wildman–Crippen MR) is 93.8 cm³/mol. The normalized spacial score (nSPS) is 14.7. The summed E-state index contributed by atoms with van der Waals surface area (Å²) in [7, 11) is 1.93. The molecule has 3 heterocycles. The van der Waals surface area contributed by atoms with E-state index in [1.165, 1.54) is 17.5 Å². The zero-order valence-corrected chi connectivity index (χ0v) is 13.4. The van der Waals surface area contributed by atoms with Gasteiger partial charge in [-0.25, -0.2) is 9.97 Å². The maximum atomic E-state index is 4.90. The first-order valence-corrected chi connectivity index (χ1v) is 8.51. The smallest absolute Gasteiger partial charge is 0.162 e. The number of rotatable bonds is 3. The predicted octanol–water partition coefficient (Wildman–Crippen LogP) is 4.00. The van der Waals surface area contributed by atoms with Crippen LogP contribution in [0.15, 0.2) is 35.7 Å². The van der Waals surface area contributed by atoms with Crippen LogP contribution in [-0.2, 0) is 0 Å². The van der Waals surface area contributed by atoms with Crippen molar-refractivity contribution in [2.75, 3.05) is 30.4 Å². The molecule has 1 aliphatic rings. The second kappa shape index (κ2) is 5.57. The minimum absolute atomic E-state index is 0.810. The maximum Gasteiger partial charge on any atom is 0.162 e. The summed E-state index contributed by atoms with van der Waals surface area (Å²) in [6.07, 6.45) is 2.50. The highest BCUT2D eigenvalue weighted by atomic mass is 32.1.